The SMILES string of the molecule is CCOC(C)CNCc1cccc(C(=O)O)c1. The largest absolute Gasteiger partial charge is 0.478 e. The molecule has 1 unspecified atom stereocenters. The van der Waals surface area contributed by atoms with Gasteiger partial charge in [-0.2, -0.15) is 0 Å². The third-order valence-corrected chi connectivity index (χ3v) is 2.39. The summed E-state index contributed by atoms with van der Waals surface area (Å²) in [5.74, 6) is -0.894. The van der Waals surface area contributed by atoms with E-state index < -0.39 is 5.97 Å². The van der Waals surface area contributed by atoms with Crippen molar-refractivity contribution in [2.24, 2.45) is 0 Å². The Balaban J connectivity index is 2.41. The van der Waals surface area contributed by atoms with E-state index in [9.17, 15) is 4.79 Å². The van der Waals surface area contributed by atoms with Crippen molar-refractivity contribution in [3.8, 4) is 0 Å². The van der Waals surface area contributed by atoms with Gasteiger partial charge in [0.25, 0.3) is 0 Å². The highest BCUT2D eigenvalue weighted by atomic mass is 16.5. The monoisotopic (exact) mass is 237 g/mol. The molecule has 17 heavy (non-hydrogen) atoms. The molecule has 4 nitrogen and oxygen atoms in total. The highest BCUT2D eigenvalue weighted by Gasteiger charge is 2.04. The lowest BCUT2D eigenvalue weighted by atomic mass is 10.1. The first-order valence-electron chi connectivity index (χ1n) is 5.78. The van der Waals surface area contributed by atoms with Gasteiger partial charge in [0, 0.05) is 19.7 Å². The van der Waals surface area contributed by atoms with Crippen molar-refractivity contribution in [1.82, 2.24) is 5.32 Å². The third kappa shape index (κ3) is 4.97. The van der Waals surface area contributed by atoms with Crippen molar-refractivity contribution in [1.29, 1.82) is 0 Å². The molecule has 1 aromatic rings. The van der Waals surface area contributed by atoms with Crippen LogP contribution in [0.25, 0.3) is 0 Å². The van der Waals surface area contributed by atoms with Gasteiger partial charge >= 0.3 is 5.97 Å². The van der Waals surface area contributed by atoms with Crippen molar-refractivity contribution in [2.75, 3.05) is 13.2 Å². The summed E-state index contributed by atoms with van der Waals surface area (Å²) in [5, 5.41) is 12.1. The first kappa shape index (κ1) is 13.7. The molecular formula is C13H19NO3. The lowest BCUT2D eigenvalue weighted by Crippen LogP contribution is -2.26. The van der Waals surface area contributed by atoms with E-state index in [1.807, 2.05) is 19.9 Å². The van der Waals surface area contributed by atoms with Crippen LogP contribution in [0.1, 0.15) is 29.8 Å². The molecule has 0 saturated heterocycles. The van der Waals surface area contributed by atoms with Crippen LogP contribution < -0.4 is 5.32 Å². The Hall–Kier alpha value is -1.39. The van der Waals surface area contributed by atoms with Crippen LogP contribution in [-0.4, -0.2) is 30.3 Å². The summed E-state index contributed by atoms with van der Waals surface area (Å²) in [6.07, 6.45) is 0.169. The van der Waals surface area contributed by atoms with Gasteiger partial charge in [-0.1, -0.05) is 12.1 Å². The van der Waals surface area contributed by atoms with Gasteiger partial charge in [-0.05, 0) is 31.5 Å². The van der Waals surface area contributed by atoms with E-state index in [2.05, 4.69) is 5.32 Å². The molecule has 0 aliphatic heterocycles. The van der Waals surface area contributed by atoms with Crippen molar-refractivity contribution in [2.45, 2.75) is 26.5 Å². The predicted molar refractivity (Wildman–Crippen MR) is 66.2 cm³/mol. The van der Waals surface area contributed by atoms with Crippen LogP contribution in [0, 0.1) is 0 Å². The minimum Gasteiger partial charge on any atom is -0.478 e. The van der Waals surface area contributed by atoms with Crippen LogP contribution in [0.2, 0.25) is 0 Å². The second kappa shape index (κ2) is 7.04. The predicted octanol–water partition coefficient (Wildman–Crippen LogP) is 1.90. The molecule has 0 saturated carbocycles. The highest BCUT2D eigenvalue weighted by Crippen LogP contribution is 2.05. The van der Waals surface area contributed by atoms with E-state index in [1.165, 1.54) is 0 Å². The number of ether oxygens (including phenoxy) is 1. The lowest BCUT2D eigenvalue weighted by Gasteiger charge is -2.12. The van der Waals surface area contributed by atoms with Gasteiger partial charge in [0.05, 0.1) is 11.7 Å². The first-order chi connectivity index (χ1) is 8.13. The summed E-state index contributed by atoms with van der Waals surface area (Å²) in [6, 6.07) is 6.94. The van der Waals surface area contributed by atoms with E-state index in [1.54, 1.807) is 18.2 Å². The maximum Gasteiger partial charge on any atom is 0.335 e. The van der Waals surface area contributed by atoms with Crippen molar-refractivity contribution in [3.63, 3.8) is 0 Å². The first-order valence-corrected chi connectivity index (χ1v) is 5.78. The highest BCUT2D eigenvalue weighted by molar-refractivity contribution is 5.87. The normalized spacial score (nSPS) is 12.4. The van der Waals surface area contributed by atoms with Crippen LogP contribution in [0.4, 0.5) is 0 Å². The number of carboxylic acid groups (broad SMARTS) is 1. The number of hydrogen-bond acceptors (Lipinski definition) is 3. The molecular weight excluding hydrogens is 218 g/mol. The molecule has 1 aromatic carbocycles. The molecule has 0 fully saturated rings. The lowest BCUT2D eigenvalue weighted by molar-refractivity contribution is 0.0696. The van der Waals surface area contributed by atoms with E-state index >= 15 is 0 Å². The van der Waals surface area contributed by atoms with Gasteiger partial charge in [-0.3, -0.25) is 0 Å². The van der Waals surface area contributed by atoms with Gasteiger partial charge in [-0.25, -0.2) is 4.79 Å². The molecule has 2 N–H and O–H groups in total. The number of hydrogen-bond donors (Lipinski definition) is 2. The fourth-order valence-electron chi connectivity index (χ4n) is 1.58. The maximum atomic E-state index is 10.8. The van der Waals surface area contributed by atoms with Crippen molar-refractivity contribution < 1.29 is 14.6 Å². The summed E-state index contributed by atoms with van der Waals surface area (Å²) >= 11 is 0. The van der Waals surface area contributed by atoms with Crippen LogP contribution in [0.5, 0.6) is 0 Å². The minimum atomic E-state index is -0.894. The topological polar surface area (TPSA) is 58.6 Å². The van der Waals surface area contributed by atoms with E-state index in [0.717, 1.165) is 12.1 Å². The molecule has 0 amide bonds. The van der Waals surface area contributed by atoms with Gasteiger partial charge in [-0.15, -0.1) is 0 Å². The van der Waals surface area contributed by atoms with E-state index in [4.69, 9.17) is 9.84 Å². The number of carbonyl (C=O) groups is 1. The van der Waals surface area contributed by atoms with Crippen LogP contribution in [0.15, 0.2) is 24.3 Å². The number of aromatic carboxylic acids is 1. The Kier molecular flexibility index (Phi) is 5.66. The molecule has 0 aliphatic rings. The number of nitrogens with one attached hydrogen (secondary N) is 1. The Labute approximate surface area is 102 Å². The van der Waals surface area contributed by atoms with Crippen molar-refractivity contribution in [3.05, 3.63) is 35.4 Å². The van der Waals surface area contributed by atoms with E-state index in [0.29, 0.717) is 18.7 Å². The van der Waals surface area contributed by atoms with Crippen LogP contribution >= 0.6 is 0 Å². The zero-order chi connectivity index (χ0) is 12.7. The van der Waals surface area contributed by atoms with E-state index in [-0.39, 0.29) is 6.10 Å². The third-order valence-electron chi connectivity index (χ3n) is 2.39. The van der Waals surface area contributed by atoms with Gasteiger partial charge in [0.1, 0.15) is 0 Å². The Bertz CT molecular complexity index is 365. The molecule has 4 heteroatoms. The zero-order valence-electron chi connectivity index (χ0n) is 10.3. The molecule has 0 bridgehead atoms. The molecule has 0 spiro atoms. The molecule has 0 radical (unpaired) electrons. The van der Waals surface area contributed by atoms with Gasteiger partial charge < -0.3 is 15.2 Å². The fraction of sp³-hybridized carbons (Fsp3) is 0.462. The number of benzene rings is 1. The Morgan fingerprint density at radius 1 is 1.53 bits per heavy atom. The molecule has 94 valence electrons. The zero-order valence-corrected chi connectivity index (χ0v) is 10.3. The quantitative estimate of drug-likeness (QED) is 0.760. The van der Waals surface area contributed by atoms with Crippen LogP contribution in [-0.2, 0) is 11.3 Å². The fourth-order valence-corrected chi connectivity index (χ4v) is 1.58. The summed E-state index contributed by atoms with van der Waals surface area (Å²) in [4.78, 5) is 10.8. The second-order valence-corrected chi connectivity index (χ2v) is 3.90. The molecule has 0 aromatic heterocycles. The number of carboxylic acids is 1. The molecule has 0 heterocycles. The Morgan fingerprint density at radius 3 is 2.94 bits per heavy atom. The minimum absolute atomic E-state index is 0.169. The van der Waals surface area contributed by atoms with Crippen molar-refractivity contribution >= 4 is 5.97 Å². The standard InChI is InChI=1S/C13H19NO3/c1-3-17-10(2)8-14-9-11-5-4-6-12(7-11)13(15)16/h4-7,10,14H,3,8-9H2,1-2H3,(H,15,16). The maximum absolute atomic E-state index is 10.8. The van der Waals surface area contributed by atoms with Gasteiger partial charge in [0.15, 0.2) is 0 Å². The smallest absolute Gasteiger partial charge is 0.335 e. The van der Waals surface area contributed by atoms with Gasteiger partial charge in [0.2, 0.25) is 0 Å². The average Bonchev–Trinajstić information content (AvgIpc) is 2.30. The Morgan fingerprint density at radius 2 is 2.29 bits per heavy atom. The molecule has 0 aliphatic carbocycles. The summed E-state index contributed by atoms with van der Waals surface area (Å²) < 4.78 is 5.39. The average molecular weight is 237 g/mol. The summed E-state index contributed by atoms with van der Waals surface area (Å²) in [7, 11) is 0. The summed E-state index contributed by atoms with van der Waals surface area (Å²) in [6.45, 7) is 6.08. The molecule has 1 rings (SSSR count). The second-order valence-electron chi connectivity index (χ2n) is 3.90. The van der Waals surface area contributed by atoms with Crippen LogP contribution in [0.3, 0.4) is 0 Å². The number of rotatable bonds is 7. The summed E-state index contributed by atoms with van der Waals surface area (Å²) in [5.41, 5.74) is 1.29. The molecule has 1 atom stereocenters.